The highest BCUT2D eigenvalue weighted by Crippen LogP contribution is 2.32. The molecular formula is C10H8N2O7S. The van der Waals surface area contributed by atoms with Gasteiger partial charge in [-0.1, -0.05) is 0 Å². The smallest absolute Gasteiger partial charge is 0.415 e. The molecule has 0 amide bonds. The summed E-state index contributed by atoms with van der Waals surface area (Å²) in [5, 5.41) is 10.8. The van der Waals surface area contributed by atoms with E-state index in [1.54, 1.807) is 0 Å². The van der Waals surface area contributed by atoms with E-state index in [1.807, 2.05) is 0 Å². The van der Waals surface area contributed by atoms with Gasteiger partial charge in [0.05, 0.1) is 10.6 Å². The third kappa shape index (κ3) is 2.00. The van der Waals surface area contributed by atoms with Crippen LogP contribution in [0.2, 0.25) is 0 Å². The third-order valence-electron chi connectivity index (χ3n) is 2.73. The summed E-state index contributed by atoms with van der Waals surface area (Å²) in [6.07, 6.45) is 0. The number of fused-ring (bicyclic) bond motifs is 1. The van der Waals surface area contributed by atoms with Gasteiger partial charge < -0.3 is 10.2 Å². The summed E-state index contributed by atoms with van der Waals surface area (Å²) in [5.74, 6) is 0. The zero-order chi connectivity index (χ0) is 15.2. The van der Waals surface area contributed by atoms with Gasteiger partial charge in [0, 0.05) is 10.9 Å². The minimum atomic E-state index is -4.75. The van der Waals surface area contributed by atoms with Gasteiger partial charge in [0.1, 0.15) is 0 Å². The Morgan fingerprint density at radius 3 is 2.50 bits per heavy atom. The Hall–Kier alpha value is -2.46. The number of nitrogens with two attached hydrogens (primary N) is 1. The van der Waals surface area contributed by atoms with Crippen molar-refractivity contribution >= 4 is 32.5 Å². The molecule has 1 aromatic heterocycles. The number of hydrogen-bond acceptors (Lipinski definition) is 7. The number of anilines is 1. The second-order valence-electron chi connectivity index (χ2n) is 3.96. The maximum Gasteiger partial charge on any atom is 0.415 e. The van der Waals surface area contributed by atoms with E-state index in [-0.39, 0.29) is 16.6 Å². The minimum Gasteiger partial charge on any atom is -0.416 e. The molecule has 2 rings (SSSR count). The molecule has 0 saturated heterocycles. The summed E-state index contributed by atoms with van der Waals surface area (Å²) in [5.41, 5.74) is 2.38. The molecule has 0 atom stereocenters. The van der Waals surface area contributed by atoms with Crippen molar-refractivity contribution in [3.05, 3.63) is 38.2 Å². The second kappa shape index (κ2) is 4.28. The Morgan fingerprint density at radius 1 is 1.40 bits per heavy atom. The molecule has 9 nitrogen and oxygen atoms in total. The van der Waals surface area contributed by atoms with E-state index in [1.165, 1.54) is 13.0 Å². The average molecular weight is 300 g/mol. The number of nitro groups is 1. The molecule has 0 aliphatic carbocycles. The van der Waals surface area contributed by atoms with Gasteiger partial charge >= 0.3 is 11.3 Å². The first-order valence-corrected chi connectivity index (χ1v) is 6.56. The maximum absolute atomic E-state index is 11.6. The van der Waals surface area contributed by atoms with Crippen LogP contribution in [0.4, 0.5) is 11.4 Å². The van der Waals surface area contributed by atoms with E-state index in [0.29, 0.717) is 0 Å². The van der Waals surface area contributed by atoms with Crippen LogP contribution in [0, 0.1) is 17.0 Å². The van der Waals surface area contributed by atoms with Gasteiger partial charge in [0.15, 0.2) is 10.5 Å². The van der Waals surface area contributed by atoms with Crippen molar-refractivity contribution in [1.29, 1.82) is 0 Å². The van der Waals surface area contributed by atoms with E-state index >= 15 is 0 Å². The Labute approximate surface area is 111 Å². The minimum absolute atomic E-state index is 0.00174. The largest absolute Gasteiger partial charge is 0.416 e. The molecule has 0 aliphatic heterocycles. The van der Waals surface area contributed by atoms with Gasteiger partial charge in [0.2, 0.25) is 0 Å². The number of benzene rings is 1. The molecule has 0 fully saturated rings. The first kappa shape index (κ1) is 14.0. The first-order chi connectivity index (χ1) is 9.14. The summed E-state index contributed by atoms with van der Waals surface area (Å²) in [7, 11) is -4.75. The van der Waals surface area contributed by atoms with Crippen molar-refractivity contribution < 1.29 is 22.3 Å². The predicted molar refractivity (Wildman–Crippen MR) is 68.1 cm³/mol. The summed E-state index contributed by atoms with van der Waals surface area (Å²) in [4.78, 5) is 20.6. The molecule has 0 aliphatic rings. The molecule has 0 radical (unpaired) electrons. The number of nitrogens with zero attached hydrogens (tertiary/aromatic N) is 1. The van der Waals surface area contributed by atoms with Crippen LogP contribution in [0.15, 0.2) is 26.2 Å². The van der Waals surface area contributed by atoms with Gasteiger partial charge in [-0.25, -0.2) is 4.79 Å². The van der Waals surface area contributed by atoms with Gasteiger partial charge in [-0.3, -0.25) is 14.7 Å². The van der Waals surface area contributed by atoms with Gasteiger partial charge in [0.25, 0.3) is 10.1 Å². The zero-order valence-electron chi connectivity index (χ0n) is 9.98. The molecule has 1 aromatic carbocycles. The maximum atomic E-state index is 11.6. The van der Waals surface area contributed by atoms with Crippen LogP contribution in [0.1, 0.15) is 5.56 Å². The molecule has 0 saturated carbocycles. The van der Waals surface area contributed by atoms with Crippen molar-refractivity contribution in [2.75, 3.05) is 5.73 Å². The van der Waals surface area contributed by atoms with Crippen LogP contribution in [0.3, 0.4) is 0 Å². The Kier molecular flexibility index (Phi) is 2.99. The summed E-state index contributed by atoms with van der Waals surface area (Å²) < 4.78 is 36.4. The lowest BCUT2D eigenvalue weighted by atomic mass is 10.1. The van der Waals surface area contributed by atoms with Crippen LogP contribution in [-0.2, 0) is 10.1 Å². The van der Waals surface area contributed by atoms with Crippen molar-refractivity contribution in [3.8, 4) is 0 Å². The summed E-state index contributed by atoms with van der Waals surface area (Å²) in [6, 6.07) is 2.41. The fourth-order valence-corrected chi connectivity index (χ4v) is 2.63. The number of rotatable bonds is 2. The highest BCUT2D eigenvalue weighted by molar-refractivity contribution is 7.86. The number of nitrogen functional groups attached to an aromatic ring is 1. The van der Waals surface area contributed by atoms with Crippen molar-refractivity contribution in [2.24, 2.45) is 0 Å². The van der Waals surface area contributed by atoms with Crippen LogP contribution < -0.4 is 11.4 Å². The standard InChI is InChI=1S/C10H8N2O7S/c1-4-5-2-3-6(11)9(20(16,17)18)8(5)19-10(13)7(4)12(14)15/h2-3H,11H2,1H3,(H,16,17,18). The van der Waals surface area contributed by atoms with Crippen LogP contribution in [0.5, 0.6) is 0 Å². The molecule has 10 heteroatoms. The molecule has 3 N–H and O–H groups in total. The predicted octanol–water partition coefficient (Wildman–Crippen LogP) is 0.839. The third-order valence-corrected chi connectivity index (χ3v) is 3.67. The van der Waals surface area contributed by atoms with E-state index in [9.17, 15) is 23.3 Å². The first-order valence-electron chi connectivity index (χ1n) is 5.12. The van der Waals surface area contributed by atoms with Gasteiger partial charge in [-0.2, -0.15) is 8.42 Å². The topological polar surface area (TPSA) is 154 Å². The van der Waals surface area contributed by atoms with Crippen molar-refractivity contribution in [2.45, 2.75) is 11.8 Å². The van der Waals surface area contributed by atoms with Crippen LogP contribution in [0.25, 0.3) is 11.0 Å². The highest BCUT2D eigenvalue weighted by atomic mass is 32.2. The normalized spacial score (nSPS) is 11.7. The van der Waals surface area contributed by atoms with Crippen LogP contribution >= 0.6 is 0 Å². The Bertz CT molecular complexity index is 898. The summed E-state index contributed by atoms with van der Waals surface area (Å²) >= 11 is 0. The molecule has 0 spiro atoms. The fraction of sp³-hybridized carbons (Fsp3) is 0.100. The molecule has 106 valence electrons. The SMILES string of the molecule is Cc1c([N+](=O)[O-])c(=O)oc2c(S(=O)(=O)O)c(N)ccc12. The lowest BCUT2D eigenvalue weighted by molar-refractivity contribution is -0.387. The molecule has 20 heavy (non-hydrogen) atoms. The van der Waals surface area contributed by atoms with Crippen molar-refractivity contribution in [1.82, 2.24) is 0 Å². The van der Waals surface area contributed by atoms with Crippen molar-refractivity contribution in [3.63, 3.8) is 0 Å². The van der Waals surface area contributed by atoms with E-state index in [4.69, 9.17) is 10.3 Å². The van der Waals surface area contributed by atoms with Gasteiger partial charge in [-0.15, -0.1) is 0 Å². The molecular weight excluding hydrogens is 292 g/mol. The monoisotopic (exact) mass is 300 g/mol. The number of hydrogen-bond donors (Lipinski definition) is 2. The number of aryl methyl sites for hydroxylation is 1. The highest BCUT2D eigenvalue weighted by Gasteiger charge is 2.27. The fourth-order valence-electron chi connectivity index (χ4n) is 1.87. The Balaban J connectivity index is 3.12. The molecule has 0 bridgehead atoms. The molecule has 2 aromatic rings. The quantitative estimate of drug-likeness (QED) is 0.272. The zero-order valence-corrected chi connectivity index (χ0v) is 10.8. The summed E-state index contributed by atoms with van der Waals surface area (Å²) in [6.45, 7) is 1.27. The lowest BCUT2D eigenvalue weighted by Gasteiger charge is -2.07. The van der Waals surface area contributed by atoms with Gasteiger partial charge in [-0.05, 0) is 19.1 Å². The average Bonchev–Trinajstić information content (AvgIpc) is 2.25. The van der Waals surface area contributed by atoms with Crippen LogP contribution in [-0.4, -0.2) is 17.9 Å². The lowest BCUT2D eigenvalue weighted by Crippen LogP contribution is -2.11. The van der Waals surface area contributed by atoms with E-state index < -0.39 is 36.8 Å². The van der Waals surface area contributed by atoms with E-state index in [2.05, 4.69) is 4.42 Å². The molecule has 0 unspecified atom stereocenters. The Morgan fingerprint density at radius 2 is 2.00 bits per heavy atom. The second-order valence-corrected chi connectivity index (χ2v) is 5.31. The molecule has 1 heterocycles. The van der Waals surface area contributed by atoms with E-state index in [0.717, 1.165) is 6.07 Å².